The third-order valence-electron chi connectivity index (χ3n) is 5.15. The molecule has 0 aliphatic rings. The van der Waals surface area contributed by atoms with Crippen LogP contribution in [0.2, 0.25) is 0 Å². The van der Waals surface area contributed by atoms with Gasteiger partial charge >= 0.3 is 0 Å². The maximum absolute atomic E-state index is 13.0. The average molecular weight is 443 g/mol. The maximum Gasteiger partial charge on any atom is 0.295 e. The Balaban J connectivity index is 1.98. The highest BCUT2D eigenvalue weighted by Gasteiger charge is 2.30. The van der Waals surface area contributed by atoms with Gasteiger partial charge in [-0.1, -0.05) is 30.3 Å². The lowest BCUT2D eigenvalue weighted by molar-refractivity contribution is -0.116. The lowest BCUT2D eigenvalue weighted by Crippen LogP contribution is -2.45. The van der Waals surface area contributed by atoms with Crippen LogP contribution in [0.1, 0.15) is 18.2 Å². The smallest absolute Gasteiger partial charge is 0.295 e. The van der Waals surface area contributed by atoms with Crippen LogP contribution in [0.5, 0.6) is 0 Å². The van der Waals surface area contributed by atoms with Crippen molar-refractivity contribution >= 4 is 27.3 Å². The van der Waals surface area contributed by atoms with Crippen molar-refractivity contribution in [1.29, 1.82) is 0 Å². The molecule has 8 nitrogen and oxygen atoms in total. The lowest BCUT2D eigenvalue weighted by atomic mass is 10.2. The highest BCUT2D eigenvalue weighted by Crippen LogP contribution is 2.23. The van der Waals surface area contributed by atoms with Crippen LogP contribution in [-0.2, 0) is 21.9 Å². The molecule has 2 aromatic carbocycles. The van der Waals surface area contributed by atoms with E-state index in [2.05, 4.69) is 5.32 Å². The minimum absolute atomic E-state index is 0.112. The van der Waals surface area contributed by atoms with Gasteiger partial charge < -0.3 is 5.32 Å². The lowest BCUT2D eigenvalue weighted by Gasteiger charge is -2.28. The first-order valence-electron chi connectivity index (χ1n) is 9.73. The van der Waals surface area contributed by atoms with Crippen molar-refractivity contribution in [2.45, 2.75) is 26.8 Å². The third-order valence-corrected chi connectivity index (χ3v) is 6.39. The Labute approximate surface area is 181 Å². The van der Waals surface area contributed by atoms with E-state index in [0.29, 0.717) is 17.1 Å². The molecule has 1 atom stereocenters. The van der Waals surface area contributed by atoms with Crippen molar-refractivity contribution in [1.82, 2.24) is 9.36 Å². The van der Waals surface area contributed by atoms with Crippen molar-refractivity contribution in [2.75, 3.05) is 15.9 Å². The first-order valence-corrected chi connectivity index (χ1v) is 11.6. The fourth-order valence-corrected chi connectivity index (χ4v) is 4.68. The first kappa shape index (κ1) is 22.4. The van der Waals surface area contributed by atoms with E-state index in [1.807, 2.05) is 31.2 Å². The largest absolute Gasteiger partial charge is 0.318 e. The number of rotatable bonds is 6. The quantitative estimate of drug-likeness (QED) is 0.635. The molecule has 3 rings (SSSR count). The van der Waals surface area contributed by atoms with Crippen LogP contribution in [0.15, 0.2) is 59.4 Å². The predicted octanol–water partition coefficient (Wildman–Crippen LogP) is 2.59. The van der Waals surface area contributed by atoms with E-state index in [1.54, 1.807) is 49.0 Å². The molecule has 0 saturated heterocycles. The second kappa shape index (κ2) is 8.43. The van der Waals surface area contributed by atoms with Crippen LogP contribution in [0.4, 0.5) is 11.4 Å². The summed E-state index contributed by atoms with van der Waals surface area (Å²) in [6.07, 6.45) is 1.05. The van der Waals surface area contributed by atoms with E-state index in [-0.39, 0.29) is 5.69 Å². The molecule has 0 saturated carbocycles. The summed E-state index contributed by atoms with van der Waals surface area (Å²) in [5, 5.41) is 2.65. The van der Waals surface area contributed by atoms with Gasteiger partial charge in [0.15, 0.2) is 0 Å². The predicted molar refractivity (Wildman–Crippen MR) is 122 cm³/mol. The van der Waals surface area contributed by atoms with Crippen LogP contribution >= 0.6 is 0 Å². The van der Waals surface area contributed by atoms with Crippen molar-refractivity contribution in [3.8, 4) is 5.69 Å². The van der Waals surface area contributed by atoms with E-state index >= 15 is 0 Å². The molecule has 164 valence electrons. The van der Waals surface area contributed by atoms with Crippen LogP contribution in [0, 0.1) is 13.8 Å². The number of hydrogen-bond acceptors (Lipinski definition) is 4. The molecular formula is C22H26N4O4S. The van der Waals surface area contributed by atoms with Gasteiger partial charge in [0.1, 0.15) is 11.7 Å². The highest BCUT2D eigenvalue weighted by atomic mass is 32.2. The zero-order valence-corrected chi connectivity index (χ0v) is 19.0. The second-order valence-corrected chi connectivity index (χ2v) is 9.36. The summed E-state index contributed by atoms with van der Waals surface area (Å²) in [6.45, 7) is 5.05. The Bertz CT molecular complexity index is 1280. The van der Waals surface area contributed by atoms with Gasteiger partial charge in [-0.25, -0.2) is 13.1 Å². The summed E-state index contributed by atoms with van der Waals surface area (Å²) in [6, 6.07) is 14.9. The van der Waals surface area contributed by atoms with E-state index in [9.17, 15) is 18.0 Å². The van der Waals surface area contributed by atoms with Crippen LogP contribution < -0.4 is 15.2 Å². The Morgan fingerprint density at radius 1 is 1.06 bits per heavy atom. The number of carbonyl (C=O) groups is 1. The monoisotopic (exact) mass is 442 g/mol. The number of nitrogens with zero attached hydrogens (tertiary/aromatic N) is 3. The minimum Gasteiger partial charge on any atom is -0.318 e. The molecule has 1 heterocycles. The van der Waals surface area contributed by atoms with Crippen LogP contribution in [0.25, 0.3) is 5.69 Å². The number of aromatic nitrogens is 2. The number of benzene rings is 2. The van der Waals surface area contributed by atoms with Crippen molar-refractivity contribution in [3.05, 3.63) is 76.2 Å². The summed E-state index contributed by atoms with van der Waals surface area (Å²) in [7, 11) is -2.03. The standard InChI is InChI=1S/C22H26N4O4S/c1-15-10-9-13-19(14-15)26(31(5,29)30)17(3)21(27)23-20-16(2)24(4)25(22(20)28)18-11-7-6-8-12-18/h6-14,17H,1-5H3,(H,23,27)/t17-/m1/s1. The second-order valence-electron chi connectivity index (χ2n) is 7.50. The Kier molecular flexibility index (Phi) is 6.08. The van der Waals surface area contributed by atoms with E-state index in [0.717, 1.165) is 16.1 Å². The zero-order chi connectivity index (χ0) is 22.9. The van der Waals surface area contributed by atoms with Gasteiger partial charge in [0, 0.05) is 7.05 Å². The Hall–Kier alpha value is -3.33. The van der Waals surface area contributed by atoms with Gasteiger partial charge in [-0.15, -0.1) is 0 Å². The van der Waals surface area contributed by atoms with Gasteiger partial charge in [0.25, 0.3) is 5.56 Å². The summed E-state index contributed by atoms with van der Waals surface area (Å²) in [4.78, 5) is 26.1. The molecule has 1 amide bonds. The molecule has 3 aromatic rings. The van der Waals surface area contributed by atoms with E-state index in [4.69, 9.17) is 0 Å². The summed E-state index contributed by atoms with van der Waals surface area (Å²) in [5.74, 6) is -0.599. The molecule has 0 fully saturated rings. The van der Waals surface area contributed by atoms with Gasteiger partial charge in [0.05, 0.1) is 23.3 Å². The molecule has 0 radical (unpaired) electrons. The van der Waals surface area contributed by atoms with Crippen LogP contribution in [-0.4, -0.2) is 36.0 Å². The number of amides is 1. The summed E-state index contributed by atoms with van der Waals surface area (Å²) < 4.78 is 29.1. The molecule has 0 aliphatic carbocycles. The normalized spacial score (nSPS) is 12.4. The third kappa shape index (κ3) is 4.41. The molecule has 0 unspecified atom stereocenters. The number of aryl methyl sites for hydroxylation is 1. The molecule has 9 heteroatoms. The van der Waals surface area contributed by atoms with Gasteiger partial charge in [0.2, 0.25) is 15.9 Å². The zero-order valence-electron chi connectivity index (χ0n) is 18.2. The topological polar surface area (TPSA) is 93.4 Å². The molecule has 0 spiro atoms. The first-order chi connectivity index (χ1) is 14.5. The number of anilines is 2. The number of sulfonamides is 1. The van der Waals surface area contributed by atoms with Gasteiger partial charge in [-0.05, 0) is 50.6 Å². The van der Waals surface area contributed by atoms with Crippen molar-refractivity contribution in [3.63, 3.8) is 0 Å². The van der Waals surface area contributed by atoms with Crippen LogP contribution in [0.3, 0.4) is 0 Å². The maximum atomic E-state index is 13.0. The highest BCUT2D eigenvalue weighted by molar-refractivity contribution is 7.92. The van der Waals surface area contributed by atoms with Gasteiger partial charge in [-0.3, -0.25) is 18.6 Å². The van der Waals surface area contributed by atoms with Crippen molar-refractivity contribution < 1.29 is 13.2 Å². The molecule has 0 bridgehead atoms. The fourth-order valence-electron chi connectivity index (χ4n) is 3.51. The van der Waals surface area contributed by atoms with Crippen molar-refractivity contribution in [2.24, 2.45) is 7.05 Å². The van der Waals surface area contributed by atoms with E-state index in [1.165, 1.54) is 11.6 Å². The summed E-state index contributed by atoms with van der Waals surface area (Å²) >= 11 is 0. The molecule has 1 N–H and O–H groups in total. The molecule has 31 heavy (non-hydrogen) atoms. The summed E-state index contributed by atoms with van der Waals surface area (Å²) in [5.41, 5.74) is 2.18. The number of carbonyl (C=O) groups excluding carboxylic acids is 1. The number of hydrogen-bond donors (Lipinski definition) is 1. The Morgan fingerprint density at radius 2 is 1.71 bits per heavy atom. The SMILES string of the molecule is Cc1cccc(N([C@H](C)C(=O)Nc2c(C)n(C)n(-c3ccccc3)c2=O)S(C)(=O)=O)c1. The van der Waals surface area contributed by atoms with E-state index < -0.39 is 27.5 Å². The molecular weight excluding hydrogens is 416 g/mol. The Morgan fingerprint density at radius 3 is 2.29 bits per heavy atom. The van der Waals surface area contributed by atoms with Gasteiger partial charge in [-0.2, -0.15) is 0 Å². The molecule has 0 aliphatic heterocycles. The average Bonchev–Trinajstić information content (AvgIpc) is 2.91. The fraction of sp³-hybridized carbons (Fsp3) is 0.273. The molecule has 1 aromatic heterocycles. The minimum atomic E-state index is -3.75. The number of nitrogens with one attached hydrogen (secondary N) is 1. The number of para-hydroxylation sites is 1.